The molecule has 6 atom stereocenters. The zero-order valence-corrected chi connectivity index (χ0v) is 13.0. The fourth-order valence-electron chi connectivity index (χ4n) is 2.96. The van der Waals surface area contributed by atoms with Gasteiger partial charge in [0.2, 0.25) is 5.91 Å². The summed E-state index contributed by atoms with van der Waals surface area (Å²) in [5, 5.41) is 13.3. The summed E-state index contributed by atoms with van der Waals surface area (Å²) in [7, 11) is 1.46. The summed E-state index contributed by atoms with van der Waals surface area (Å²) in [6.07, 6.45) is -3.36. The van der Waals surface area contributed by atoms with Crippen LogP contribution in [0.1, 0.15) is 18.8 Å². The summed E-state index contributed by atoms with van der Waals surface area (Å²) >= 11 is 0. The number of ether oxygens (including phenoxy) is 4. The third kappa shape index (κ3) is 3.39. The predicted octanol–water partition coefficient (Wildman–Crippen LogP) is 0.337. The summed E-state index contributed by atoms with van der Waals surface area (Å²) < 4.78 is 22.6. The number of benzene rings is 1. The van der Waals surface area contributed by atoms with Crippen LogP contribution in [0, 0.1) is 0 Å². The van der Waals surface area contributed by atoms with Crippen LogP contribution in [0.3, 0.4) is 0 Å². The largest absolute Gasteiger partial charge is 0.388 e. The van der Waals surface area contributed by atoms with E-state index in [9.17, 15) is 9.90 Å². The van der Waals surface area contributed by atoms with E-state index in [0.29, 0.717) is 0 Å². The van der Waals surface area contributed by atoms with Gasteiger partial charge in [-0.05, 0) is 0 Å². The van der Waals surface area contributed by atoms with Crippen molar-refractivity contribution in [3.05, 3.63) is 35.9 Å². The van der Waals surface area contributed by atoms with Gasteiger partial charge in [-0.2, -0.15) is 0 Å². The molecule has 2 aliphatic rings. The molecular formula is C16H21NO6. The molecule has 7 heteroatoms. The first kappa shape index (κ1) is 16.4. The summed E-state index contributed by atoms with van der Waals surface area (Å²) in [4.78, 5) is 11.4. The van der Waals surface area contributed by atoms with Crippen LogP contribution < -0.4 is 5.32 Å². The Morgan fingerprint density at radius 1 is 1.30 bits per heavy atom. The van der Waals surface area contributed by atoms with Gasteiger partial charge in [-0.15, -0.1) is 0 Å². The number of carbonyl (C=O) groups excluding carboxylic acids is 1. The van der Waals surface area contributed by atoms with E-state index in [1.54, 1.807) is 0 Å². The standard InChI is InChI=1S/C16H21NO6/c1-9(18)17-12-13(19)14-11(22-16(12)20-2)8-21-15(23-14)10-6-4-3-5-7-10/h3-7,11-16,19H,8H2,1-2H3,(H,17,18)/t11?,12?,13?,14-,15?,16-/m1/s1. The second kappa shape index (κ2) is 6.94. The minimum absolute atomic E-state index is 0.272. The number of amides is 1. The van der Waals surface area contributed by atoms with E-state index in [0.717, 1.165) is 5.56 Å². The van der Waals surface area contributed by atoms with Crippen LogP contribution in [0.4, 0.5) is 0 Å². The fraction of sp³-hybridized carbons (Fsp3) is 0.562. The molecule has 1 aromatic carbocycles. The molecule has 0 radical (unpaired) electrons. The highest BCUT2D eigenvalue weighted by Crippen LogP contribution is 2.34. The number of hydrogen-bond acceptors (Lipinski definition) is 6. The molecule has 0 aromatic heterocycles. The van der Waals surface area contributed by atoms with Gasteiger partial charge in [0, 0.05) is 19.6 Å². The zero-order chi connectivity index (χ0) is 16.4. The predicted molar refractivity (Wildman–Crippen MR) is 79.3 cm³/mol. The first-order valence-electron chi connectivity index (χ1n) is 7.55. The minimum atomic E-state index is -0.960. The number of methoxy groups -OCH3 is 1. The van der Waals surface area contributed by atoms with Crippen molar-refractivity contribution in [2.24, 2.45) is 0 Å². The van der Waals surface area contributed by atoms with E-state index in [-0.39, 0.29) is 12.5 Å². The molecule has 0 saturated carbocycles. The van der Waals surface area contributed by atoms with Crippen LogP contribution in [0.25, 0.3) is 0 Å². The molecule has 0 bridgehead atoms. The van der Waals surface area contributed by atoms with E-state index >= 15 is 0 Å². The van der Waals surface area contributed by atoms with Gasteiger partial charge in [0.1, 0.15) is 24.4 Å². The lowest BCUT2D eigenvalue weighted by molar-refractivity contribution is -0.341. The van der Waals surface area contributed by atoms with Crippen molar-refractivity contribution in [2.75, 3.05) is 13.7 Å². The van der Waals surface area contributed by atoms with E-state index in [2.05, 4.69) is 5.32 Å². The normalized spacial score (nSPS) is 37.0. The molecular weight excluding hydrogens is 302 g/mol. The molecule has 2 fully saturated rings. The van der Waals surface area contributed by atoms with Crippen molar-refractivity contribution in [3.63, 3.8) is 0 Å². The first-order valence-corrected chi connectivity index (χ1v) is 7.55. The van der Waals surface area contributed by atoms with E-state index in [1.165, 1.54) is 14.0 Å². The number of hydrogen-bond donors (Lipinski definition) is 2. The third-order valence-corrected chi connectivity index (χ3v) is 4.04. The molecule has 2 N–H and O–H groups in total. The molecule has 2 heterocycles. The Labute approximate surface area is 134 Å². The monoisotopic (exact) mass is 323 g/mol. The zero-order valence-electron chi connectivity index (χ0n) is 13.0. The fourth-order valence-corrected chi connectivity index (χ4v) is 2.96. The molecule has 7 nitrogen and oxygen atoms in total. The number of aliphatic hydroxyl groups excluding tert-OH is 1. The maximum absolute atomic E-state index is 11.4. The highest BCUT2D eigenvalue weighted by molar-refractivity contribution is 5.73. The van der Waals surface area contributed by atoms with Gasteiger partial charge in [0.25, 0.3) is 0 Å². The topological polar surface area (TPSA) is 86.2 Å². The van der Waals surface area contributed by atoms with Crippen LogP contribution in [0.15, 0.2) is 30.3 Å². The molecule has 126 valence electrons. The van der Waals surface area contributed by atoms with Crippen LogP contribution >= 0.6 is 0 Å². The molecule has 23 heavy (non-hydrogen) atoms. The Bertz CT molecular complexity index is 539. The van der Waals surface area contributed by atoms with Crippen LogP contribution in [0.2, 0.25) is 0 Å². The van der Waals surface area contributed by atoms with Crippen LogP contribution in [0.5, 0.6) is 0 Å². The lowest BCUT2D eigenvalue weighted by Gasteiger charge is -2.47. The molecule has 2 aliphatic heterocycles. The molecule has 1 amide bonds. The van der Waals surface area contributed by atoms with Crippen molar-refractivity contribution in [1.82, 2.24) is 5.32 Å². The highest BCUT2D eigenvalue weighted by Gasteiger charge is 2.49. The molecule has 1 aromatic rings. The number of carbonyl (C=O) groups is 1. The number of rotatable bonds is 3. The third-order valence-electron chi connectivity index (χ3n) is 4.04. The molecule has 3 rings (SSSR count). The first-order chi connectivity index (χ1) is 11.1. The van der Waals surface area contributed by atoms with E-state index < -0.39 is 36.9 Å². The van der Waals surface area contributed by atoms with Crippen molar-refractivity contribution in [2.45, 2.75) is 43.9 Å². The Hall–Kier alpha value is -1.51. The van der Waals surface area contributed by atoms with Crippen molar-refractivity contribution in [3.8, 4) is 0 Å². The Morgan fingerprint density at radius 2 is 2.04 bits per heavy atom. The second-order valence-corrected chi connectivity index (χ2v) is 5.67. The molecule has 2 saturated heterocycles. The van der Waals surface area contributed by atoms with Gasteiger partial charge in [0.15, 0.2) is 12.6 Å². The summed E-state index contributed by atoms with van der Waals surface area (Å²) in [6.45, 7) is 1.65. The quantitative estimate of drug-likeness (QED) is 0.834. The average molecular weight is 323 g/mol. The van der Waals surface area contributed by atoms with Gasteiger partial charge in [0.05, 0.1) is 6.61 Å². The van der Waals surface area contributed by atoms with Gasteiger partial charge in [-0.25, -0.2) is 0 Å². The average Bonchev–Trinajstić information content (AvgIpc) is 2.57. The molecule has 0 spiro atoms. The van der Waals surface area contributed by atoms with Gasteiger partial charge >= 0.3 is 0 Å². The Morgan fingerprint density at radius 3 is 2.70 bits per heavy atom. The van der Waals surface area contributed by atoms with Gasteiger partial charge in [-0.3, -0.25) is 4.79 Å². The number of nitrogens with one attached hydrogen (secondary N) is 1. The Kier molecular flexibility index (Phi) is 4.93. The Balaban J connectivity index is 1.76. The van der Waals surface area contributed by atoms with Crippen molar-refractivity contribution < 1.29 is 28.8 Å². The van der Waals surface area contributed by atoms with E-state index in [4.69, 9.17) is 18.9 Å². The van der Waals surface area contributed by atoms with Crippen LogP contribution in [-0.2, 0) is 23.7 Å². The smallest absolute Gasteiger partial charge is 0.217 e. The second-order valence-electron chi connectivity index (χ2n) is 5.67. The maximum Gasteiger partial charge on any atom is 0.217 e. The SMILES string of the molecule is CO[C@@H]1OC2COC(c3ccccc3)O[C@H]2C(O)C1NC(C)=O. The van der Waals surface area contributed by atoms with Crippen LogP contribution in [-0.4, -0.2) is 55.4 Å². The summed E-state index contributed by atoms with van der Waals surface area (Å²) in [6, 6.07) is 8.78. The lowest BCUT2D eigenvalue weighted by atomic mass is 9.95. The number of aliphatic hydroxyl groups is 1. The van der Waals surface area contributed by atoms with Crippen molar-refractivity contribution in [1.29, 1.82) is 0 Å². The van der Waals surface area contributed by atoms with E-state index in [1.807, 2.05) is 30.3 Å². The molecule has 4 unspecified atom stereocenters. The van der Waals surface area contributed by atoms with Gasteiger partial charge in [-0.1, -0.05) is 30.3 Å². The van der Waals surface area contributed by atoms with Gasteiger partial charge < -0.3 is 29.4 Å². The van der Waals surface area contributed by atoms with Crippen molar-refractivity contribution >= 4 is 5.91 Å². The minimum Gasteiger partial charge on any atom is -0.388 e. The number of fused-ring (bicyclic) bond motifs is 1. The lowest BCUT2D eigenvalue weighted by Crippen LogP contribution is -2.66. The maximum atomic E-state index is 11.4. The summed E-state index contributed by atoms with van der Waals surface area (Å²) in [5.41, 5.74) is 0.864. The summed E-state index contributed by atoms with van der Waals surface area (Å²) in [5.74, 6) is -0.273. The highest BCUT2D eigenvalue weighted by atomic mass is 16.7. The molecule has 0 aliphatic carbocycles.